The fourth-order valence-electron chi connectivity index (χ4n) is 2.95. The predicted molar refractivity (Wildman–Crippen MR) is 115 cm³/mol. The van der Waals surface area contributed by atoms with Gasteiger partial charge in [-0.1, -0.05) is 47.1 Å². The molecule has 2 aromatic carbocycles. The molecule has 0 unspecified atom stereocenters. The summed E-state index contributed by atoms with van der Waals surface area (Å²) in [6.07, 6.45) is 2.15. The average Bonchev–Trinajstić information content (AvgIpc) is 3.48. The van der Waals surface area contributed by atoms with E-state index < -0.39 is 0 Å². The Hall–Kier alpha value is -2.02. The van der Waals surface area contributed by atoms with Gasteiger partial charge in [-0.25, -0.2) is 0 Å². The normalized spacial score (nSPS) is 14.6. The van der Waals surface area contributed by atoms with Gasteiger partial charge in [-0.3, -0.25) is 9.36 Å². The summed E-state index contributed by atoms with van der Waals surface area (Å²) in [5.74, 6) is 1.38. The molecule has 1 aromatic heterocycles. The quantitative estimate of drug-likeness (QED) is 0.319. The van der Waals surface area contributed by atoms with Gasteiger partial charge in [0.1, 0.15) is 12.4 Å². The maximum absolute atomic E-state index is 12.8. The van der Waals surface area contributed by atoms with Gasteiger partial charge in [-0.15, -0.1) is 10.2 Å². The minimum absolute atomic E-state index is 0.0332. The number of thioether (sulfide) groups is 1. The van der Waals surface area contributed by atoms with Gasteiger partial charge in [0.2, 0.25) is 0 Å². The summed E-state index contributed by atoms with van der Waals surface area (Å²) < 4.78 is 7.93. The van der Waals surface area contributed by atoms with Crippen LogP contribution in [0.3, 0.4) is 0 Å². The van der Waals surface area contributed by atoms with E-state index in [0.717, 1.165) is 23.8 Å². The van der Waals surface area contributed by atoms with Crippen molar-refractivity contribution in [3.8, 4) is 5.75 Å². The molecule has 0 saturated heterocycles. The summed E-state index contributed by atoms with van der Waals surface area (Å²) in [6, 6.07) is 14.6. The largest absolute Gasteiger partial charge is 0.484 e. The van der Waals surface area contributed by atoms with Crippen LogP contribution in [-0.2, 0) is 6.61 Å². The molecule has 3 aromatic rings. The van der Waals surface area contributed by atoms with E-state index in [-0.39, 0.29) is 17.6 Å². The van der Waals surface area contributed by atoms with Gasteiger partial charge >= 0.3 is 0 Å². The van der Waals surface area contributed by atoms with Gasteiger partial charge in [0.25, 0.3) is 0 Å². The first-order valence-corrected chi connectivity index (χ1v) is 10.9. The minimum Gasteiger partial charge on any atom is -0.484 e. The van der Waals surface area contributed by atoms with Gasteiger partial charge in [0.05, 0.1) is 10.3 Å². The van der Waals surface area contributed by atoms with E-state index in [9.17, 15) is 4.79 Å². The maximum Gasteiger partial charge on any atom is 0.192 e. The molecule has 0 aliphatic heterocycles. The SMILES string of the molecule is C[C@@H](Sc1nnc(COc2ccccc2Cl)n1C1CC1)C(=O)c1ccc(Cl)cc1. The molecule has 0 radical (unpaired) electrons. The fraction of sp³-hybridized carbons (Fsp3) is 0.286. The number of nitrogens with zero attached hydrogens (tertiary/aromatic N) is 3. The Morgan fingerprint density at radius 3 is 2.59 bits per heavy atom. The van der Waals surface area contributed by atoms with Gasteiger partial charge < -0.3 is 4.74 Å². The van der Waals surface area contributed by atoms with Crippen molar-refractivity contribution in [2.24, 2.45) is 0 Å². The van der Waals surface area contributed by atoms with E-state index >= 15 is 0 Å². The Morgan fingerprint density at radius 2 is 1.90 bits per heavy atom. The average molecular weight is 448 g/mol. The molecular formula is C21H19Cl2N3O2S. The predicted octanol–water partition coefficient (Wildman–Crippen LogP) is 5.86. The summed E-state index contributed by atoms with van der Waals surface area (Å²) in [5.41, 5.74) is 0.633. The number of ether oxygens (including phenoxy) is 1. The Kier molecular flexibility index (Phi) is 6.13. The van der Waals surface area contributed by atoms with E-state index in [1.54, 1.807) is 30.3 Å². The standard InChI is InChI=1S/C21H19Cl2N3O2S/c1-13(20(27)14-6-8-15(22)9-7-14)29-21-25-24-19(26(21)16-10-11-16)12-28-18-5-3-2-4-17(18)23/h2-9,13,16H,10-12H2,1H3/t13-/m1/s1. The second kappa shape index (κ2) is 8.78. The van der Waals surface area contributed by atoms with Crippen molar-refractivity contribution < 1.29 is 9.53 Å². The third-order valence-electron chi connectivity index (χ3n) is 4.62. The zero-order chi connectivity index (χ0) is 20.4. The van der Waals surface area contributed by atoms with E-state index in [4.69, 9.17) is 27.9 Å². The topological polar surface area (TPSA) is 57.0 Å². The van der Waals surface area contributed by atoms with Gasteiger partial charge in [-0.2, -0.15) is 0 Å². The highest BCUT2D eigenvalue weighted by atomic mass is 35.5. The van der Waals surface area contributed by atoms with Crippen molar-refractivity contribution in [2.45, 2.75) is 42.8 Å². The molecule has 4 rings (SSSR count). The summed E-state index contributed by atoms with van der Waals surface area (Å²) in [6.45, 7) is 2.15. The van der Waals surface area contributed by atoms with E-state index in [0.29, 0.717) is 27.4 Å². The number of aromatic nitrogens is 3. The highest BCUT2D eigenvalue weighted by molar-refractivity contribution is 8.00. The highest BCUT2D eigenvalue weighted by Crippen LogP contribution is 2.40. The number of benzene rings is 2. The zero-order valence-electron chi connectivity index (χ0n) is 15.7. The smallest absolute Gasteiger partial charge is 0.192 e. The molecule has 0 spiro atoms. The third kappa shape index (κ3) is 4.77. The Balaban J connectivity index is 1.48. The Labute approximate surface area is 183 Å². The van der Waals surface area contributed by atoms with Crippen LogP contribution in [0.4, 0.5) is 0 Å². The number of para-hydroxylation sites is 1. The molecule has 0 amide bonds. The first-order valence-electron chi connectivity index (χ1n) is 9.30. The molecule has 1 atom stereocenters. The molecule has 8 heteroatoms. The van der Waals surface area contributed by atoms with E-state index in [1.165, 1.54) is 11.8 Å². The van der Waals surface area contributed by atoms with Crippen LogP contribution in [0.15, 0.2) is 53.7 Å². The van der Waals surface area contributed by atoms with Crippen molar-refractivity contribution >= 4 is 40.7 Å². The molecule has 1 aliphatic rings. The second-order valence-electron chi connectivity index (χ2n) is 6.85. The third-order valence-corrected chi connectivity index (χ3v) is 6.24. The molecule has 1 saturated carbocycles. The minimum atomic E-state index is -0.296. The van der Waals surface area contributed by atoms with Gasteiger partial charge in [0, 0.05) is 16.6 Å². The monoisotopic (exact) mass is 447 g/mol. The summed E-state index contributed by atoms with van der Waals surface area (Å²) in [7, 11) is 0. The number of carbonyl (C=O) groups excluding carboxylic acids is 1. The van der Waals surface area contributed by atoms with Crippen LogP contribution in [0.5, 0.6) is 5.75 Å². The summed E-state index contributed by atoms with van der Waals surface area (Å²) in [5, 5.41) is 10.3. The maximum atomic E-state index is 12.8. The second-order valence-corrected chi connectivity index (χ2v) is 9.00. The lowest BCUT2D eigenvalue weighted by Gasteiger charge is -2.13. The fourth-order valence-corrected chi connectivity index (χ4v) is 4.28. The number of Topliss-reactive ketones (excluding diaryl/α,β-unsaturated/α-hetero) is 1. The van der Waals surface area contributed by atoms with Crippen LogP contribution in [0.2, 0.25) is 10.0 Å². The number of rotatable bonds is 8. The molecular weight excluding hydrogens is 429 g/mol. The van der Waals surface area contributed by atoms with Crippen LogP contribution in [0, 0.1) is 0 Å². The summed E-state index contributed by atoms with van der Waals surface area (Å²) in [4.78, 5) is 12.8. The molecule has 0 bridgehead atoms. The van der Waals surface area contributed by atoms with Gasteiger partial charge in [-0.05, 0) is 56.2 Å². The van der Waals surface area contributed by atoms with Crippen molar-refractivity contribution in [3.05, 3.63) is 70.0 Å². The Bertz CT molecular complexity index is 1020. The lowest BCUT2D eigenvalue weighted by Crippen LogP contribution is -2.15. The molecule has 29 heavy (non-hydrogen) atoms. The summed E-state index contributed by atoms with van der Waals surface area (Å²) >= 11 is 13.5. The van der Waals surface area contributed by atoms with Crippen LogP contribution in [-0.4, -0.2) is 25.8 Å². The molecule has 1 fully saturated rings. The van der Waals surface area contributed by atoms with Crippen molar-refractivity contribution in [2.75, 3.05) is 0 Å². The van der Waals surface area contributed by atoms with Crippen molar-refractivity contribution in [1.82, 2.24) is 14.8 Å². The number of halogens is 2. The van der Waals surface area contributed by atoms with Gasteiger partial charge in [0.15, 0.2) is 16.8 Å². The number of ketones is 1. The molecule has 1 heterocycles. The molecule has 1 aliphatic carbocycles. The number of carbonyl (C=O) groups is 1. The first-order chi connectivity index (χ1) is 14.0. The van der Waals surface area contributed by atoms with E-state index in [1.807, 2.05) is 25.1 Å². The van der Waals surface area contributed by atoms with E-state index in [2.05, 4.69) is 14.8 Å². The Morgan fingerprint density at radius 1 is 1.17 bits per heavy atom. The van der Waals surface area contributed by atoms with Crippen LogP contribution >= 0.6 is 35.0 Å². The zero-order valence-corrected chi connectivity index (χ0v) is 18.0. The molecule has 150 valence electrons. The molecule has 0 N–H and O–H groups in total. The lowest BCUT2D eigenvalue weighted by atomic mass is 10.1. The van der Waals surface area contributed by atoms with Crippen molar-refractivity contribution in [3.63, 3.8) is 0 Å². The van der Waals surface area contributed by atoms with Crippen LogP contribution in [0.25, 0.3) is 0 Å². The number of hydrogen-bond acceptors (Lipinski definition) is 5. The van der Waals surface area contributed by atoms with Crippen LogP contribution < -0.4 is 4.74 Å². The number of hydrogen-bond donors (Lipinski definition) is 0. The lowest BCUT2D eigenvalue weighted by molar-refractivity contribution is 0.0994. The van der Waals surface area contributed by atoms with Crippen molar-refractivity contribution in [1.29, 1.82) is 0 Å². The first kappa shape index (κ1) is 20.3. The molecule has 5 nitrogen and oxygen atoms in total. The van der Waals surface area contributed by atoms with Crippen LogP contribution in [0.1, 0.15) is 42.0 Å². The highest BCUT2D eigenvalue weighted by Gasteiger charge is 2.31.